The van der Waals surface area contributed by atoms with Crippen LogP contribution in [0.5, 0.6) is 5.88 Å². The number of hydrogen-bond acceptors (Lipinski definition) is 4. The van der Waals surface area contributed by atoms with Crippen molar-refractivity contribution >= 4 is 21.9 Å². The molecule has 0 saturated heterocycles. The lowest BCUT2D eigenvalue weighted by Crippen LogP contribution is -2.08. The minimum absolute atomic E-state index is 0.0138. The molecule has 1 heterocycles. The van der Waals surface area contributed by atoms with Crippen LogP contribution in [0.3, 0.4) is 0 Å². The molecule has 0 radical (unpaired) electrons. The van der Waals surface area contributed by atoms with Crippen molar-refractivity contribution in [2.24, 2.45) is 0 Å². The van der Waals surface area contributed by atoms with E-state index in [0.29, 0.717) is 10.0 Å². The highest BCUT2D eigenvalue weighted by Crippen LogP contribution is 2.30. The maximum Gasteiger partial charge on any atom is 0.310 e. The van der Waals surface area contributed by atoms with Crippen LogP contribution in [0, 0.1) is 0 Å². The van der Waals surface area contributed by atoms with Crippen LogP contribution in [-0.2, 0) is 16.0 Å². The standard InChI is InChI=1S/C10H10BrF2NO3/c1-16-8(15)3-5-6(11)4-7(9(12)13)14-10(5)17-2/h4,9H,3H2,1-2H3. The lowest BCUT2D eigenvalue weighted by atomic mass is 10.2. The van der Waals surface area contributed by atoms with Gasteiger partial charge in [-0.3, -0.25) is 4.79 Å². The van der Waals surface area contributed by atoms with Gasteiger partial charge in [0.05, 0.1) is 20.6 Å². The van der Waals surface area contributed by atoms with Gasteiger partial charge < -0.3 is 9.47 Å². The summed E-state index contributed by atoms with van der Waals surface area (Å²) in [4.78, 5) is 14.8. The Morgan fingerprint density at radius 2 is 2.18 bits per heavy atom. The monoisotopic (exact) mass is 309 g/mol. The predicted molar refractivity (Wildman–Crippen MR) is 59.2 cm³/mol. The Hall–Kier alpha value is -1.24. The van der Waals surface area contributed by atoms with Crippen LogP contribution in [0.15, 0.2) is 10.5 Å². The number of ether oxygens (including phenoxy) is 2. The highest BCUT2D eigenvalue weighted by Gasteiger charge is 2.19. The number of esters is 1. The molecule has 0 saturated carbocycles. The fourth-order valence-electron chi connectivity index (χ4n) is 1.19. The molecule has 1 aromatic rings. The average molecular weight is 310 g/mol. The molecule has 17 heavy (non-hydrogen) atoms. The summed E-state index contributed by atoms with van der Waals surface area (Å²) >= 11 is 3.10. The minimum atomic E-state index is -2.70. The first kappa shape index (κ1) is 13.8. The first-order valence-electron chi connectivity index (χ1n) is 4.57. The van der Waals surface area contributed by atoms with Gasteiger partial charge in [-0.05, 0) is 6.07 Å². The lowest BCUT2D eigenvalue weighted by Gasteiger charge is -2.10. The molecule has 0 N–H and O–H groups in total. The highest BCUT2D eigenvalue weighted by molar-refractivity contribution is 9.10. The number of pyridine rings is 1. The summed E-state index contributed by atoms with van der Waals surface area (Å²) in [5.41, 5.74) is -0.0360. The van der Waals surface area contributed by atoms with Crippen LogP contribution in [0.4, 0.5) is 8.78 Å². The first-order chi connectivity index (χ1) is 7.99. The minimum Gasteiger partial charge on any atom is -0.481 e. The smallest absolute Gasteiger partial charge is 0.310 e. The van der Waals surface area contributed by atoms with E-state index in [2.05, 4.69) is 25.7 Å². The van der Waals surface area contributed by atoms with E-state index in [1.54, 1.807) is 0 Å². The van der Waals surface area contributed by atoms with Crippen molar-refractivity contribution in [1.29, 1.82) is 0 Å². The second-order valence-electron chi connectivity index (χ2n) is 3.07. The van der Waals surface area contributed by atoms with Crippen molar-refractivity contribution in [3.8, 4) is 5.88 Å². The zero-order chi connectivity index (χ0) is 13.0. The Morgan fingerprint density at radius 3 is 2.65 bits per heavy atom. The second-order valence-corrected chi connectivity index (χ2v) is 3.92. The van der Waals surface area contributed by atoms with Gasteiger partial charge in [0.15, 0.2) is 0 Å². The summed E-state index contributed by atoms with van der Waals surface area (Å²) < 4.78 is 34.7. The molecule has 0 atom stereocenters. The van der Waals surface area contributed by atoms with Crippen molar-refractivity contribution in [2.75, 3.05) is 14.2 Å². The number of rotatable bonds is 4. The molecule has 0 spiro atoms. The molecule has 0 aliphatic heterocycles. The van der Waals surface area contributed by atoms with Gasteiger partial charge in [-0.25, -0.2) is 13.8 Å². The molecular formula is C10H10BrF2NO3. The number of carbonyl (C=O) groups is 1. The van der Waals surface area contributed by atoms with Crippen LogP contribution >= 0.6 is 15.9 Å². The van der Waals surface area contributed by atoms with E-state index in [1.165, 1.54) is 14.2 Å². The highest BCUT2D eigenvalue weighted by atomic mass is 79.9. The van der Waals surface area contributed by atoms with Crippen molar-refractivity contribution < 1.29 is 23.0 Å². The van der Waals surface area contributed by atoms with E-state index >= 15 is 0 Å². The van der Waals surface area contributed by atoms with E-state index in [0.717, 1.165) is 6.07 Å². The lowest BCUT2D eigenvalue weighted by molar-refractivity contribution is -0.139. The maximum atomic E-state index is 12.5. The maximum absolute atomic E-state index is 12.5. The zero-order valence-corrected chi connectivity index (χ0v) is 10.8. The molecule has 0 aromatic carbocycles. The van der Waals surface area contributed by atoms with Crippen LogP contribution in [-0.4, -0.2) is 25.2 Å². The third kappa shape index (κ3) is 3.36. The summed E-state index contributed by atoms with van der Waals surface area (Å²) in [6, 6.07) is 1.16. The number of aromatic nitrogens is 1. The zero-order valence-electron chi connectivity index (χ0n) is 9.17. The van der Waals surface area contributed by atoms with Crippen LogP contribution in [0.2, 0.25) is 0 Å². The number of nitrogens with zero attached hydrogens (tertiary/aromatic N) is 1. The molecular weight excluding hydrogens is 300 g/mol. The molecule has 7 heteroatoms. The van der Waals surface area contributed by atoms with Crippen LogP contribution in [0.1, 0.15) is 17.7 Å². The molecule has 0 bridgehead atoms. The number of halogens is 3. The topological polar surface area (TPSA) is 48.4 Å². The van der Waals surface area contributed by atoms with Gasteiger partial charge in [0.2, 0.25) is 5.88 Å². The number of carbonyl (C=O) groups excluding carboxylic acids is 1. The van der Waals surface area contributed by atoms with Gasteiger partial charge in [-0.2, -0.15) is 0 Å². The van der Waals surface area contributed by atoms with Gasteiger partial charge in [-0.1, -0.05) is 15.9 Å². The first-order valence-corrected chi connectivity index (χ1v) is 5.37. The summed E-state index contributed by atoms with van der Waals surface area (Å²) in [5.74, 6) is -0.518. The van der Waals surface area contributed by atoms with Crippen LogP contribution in [0.25, 0.3) is 0 Å². The summed E-state index contributed by atoms with van der Waals surface area (Å²) in [7, 11) is 2.54. The van der Waals surface area contributed by atoms with Crippen molar-refractivity contribution in [3.05, 3.63) is 21.8 Å². The second kappa shape index (κ2) is 5.90. The fourth-order valence-corrected chi connectivity index (χ4v) is 1.74. The van der Waals surface area contributed by atoms with E-state index in [-0.39, 0.29) is 12.3 Å². The Kier molecular flexibility index (Phi) is 4.80. The van der Waals surface area contributed by atoms with Crippen molar-refractivity contribution in [1.82, 2.24) is 4.98 Å². The number of methoxy groups -OCH3 is 2. The third-order valence-corrected chi connectivity index (χ3v) is 2.72. The summed E-state index contributed by atoms with van der Waals surface area (Å²) in [6.07, 6.45) is -2.80. The van der Waals surface area contributed by atoms with E-state index in [1.807, 2.05) is 0 Å². The van der Waals surface area contributed by atoms with Gasteiger partial charge in [0.1, 0.15) is 5.69 Å². The third-order valence-electron chi connectivity index (χ3n) is 2.02. The largest absolute Gasteiger partial charge is 0.481 e. The summed E-state index contributed by atoms with van der Waals surface area (Å²) in [5, 5.41) is 0. The molecule has 4 nitrogen and oxygen atoms in total. The molecule has 94 valence electrons. The fraction of sp³-hybridized carbons (Fsp3) is 0.400. The molecule has 0 unspecified atom stereocenters. The molecule has 1 rings (SSSR count). The molecule has 1 aromatic heterocycles. The van der Waals surface area contributed by atoms with Crippen molar-refractivity contribution in [3.63, 3.8) is 0 Å². The van der Waals surface area contributed by atoms with Gasteiger partial charge >= 0.3 is 5.97 Å². The van der Waals surface area contributed by atoms with E-state index in [4.69, 9.17) is 4.74 Å². The molecule has 0 aliphatic carbocycles. The molecule has 0 aliphatic rings. The van der Waals surface area contributed by atoms with E-state index in [9.17, 15) is 13.6 Å². The Morgan fingerprint density at radius 1 is 1.53 bits per heavy atom. The Balaban J connectivity index is 3.16. The van der Waals surface area contributed by atoms with E-state index < -0.39 is 18.1 Å². The average Bonchev–Trinajstić information content (AvgIpc) is 2.30. The molecule has 0 amide bonds. The van der Waals surface area contributed by atoms with Gasteiger partial charge in [0.25, 0.3) is 6.43 Å². The number of alkyl halides is 2. The quantitative estimate of drug-likeness (QED) is 0.802. The van der Waals surface area contributed by atoms with Crippen LogP contribution < -0.4 is 4.74 Å². The van der Waals surface area contributed by atoms with Gasteiger partial charge in [0, 0.05) is 10.0 Å². The predicted octanol–water partition coefficient (Wildman–Crippen LogP) is 2.51. The van der Waals surface area contributed by atoms with Crippen molar-refractivity contribution in [2.45, 2.75) is 12.8 Å². The number of hydrogen-bond donors (Lipinski definition) is 0. The van der Waals surface area contributed by atoms with Gasteiger partial charge in [-0.15, -0.1) is 0 Å². The Labute approximate surface area is 105 Å². The molecule has 0 fully saturated rings. The normalized spacial score (nSPS) is 10.5. The Bertz CT molecular complexity index is 426. The SMILES string of the molecule is COC(=O)Cc1c(Br)cc(C(F)F)nc1OC. The summed E-state index contributed by atoms with van der Waals surface area (Å²) in [6.45, 7) is 0.